The average molecular weight is 343 g/mol. The van der Waals surface area contributed by atoms with Gasteiger partial charge >= 0.3 is 0 Å². The summed E-state index contributed by atoms with van der Waals surface area (Å²) in [5.74, 6) is 1.26. The van der Waals surface area contributed by atoms with Crippen LogP contribution in [-0.4, -0.2) is 26.2 Å². The van der Waals surface area contributed by atoms with Gasteiger partial charge in [0, 0.05) is 29.5 Å². The van der Waals surface area contributed by atoms with Gasteiger partial charge in [-0.1, -0.05) is 16.8 Å². The van der Waals surface area contributed by atoms with E-state index in [9.17, 15) is 0 Å². The van der Waals surface area contributed by atoms with Crippen LogP contribution in [0.2, 0.25) is 5.02 Å². The van der Waals surface area contributed by atoms with E-state index in [1.807, 2.05) is 24.3 Å². The second-order valence-electron chi connectivity index (χ2n) is 6.19. The van der Waals surface area contributed by atoms with Crippen LogP contribution in [0.1, 0.15) is 30.5 Å². The Labute approximate surface area is 145 Å². The lowest BCUT2D eigenvalue weighted by Crippen LogP contribution is -2.24. The third kappa shape index (κ3) is 2.97. The summed E-state index contributed by atoms with van der Waals surface area (Å²) in [7, 11) is 2.09. The zero-order chi connectivity index (χ0) is 16.5. The van der Waals surface area contributed by atoms with E-state index in [4.69, 9.17) is 16.1 Å². The molecule has 124 valence electrons. The zero-order valence-electron chi connectivity index (χ0n) is 13.5. The number of halogens is 1. The Morgan fingerprint density at radius 3 is 2.83 bits per heavy atom. The lowest BCUT2D eigenvalue weighted by Gasteiger charge is -2.23. The van der Waals surface area contributed by atoms with Crippen LogP contribution >= 0.6 is 11.6 Å². The minimum atomic E-state index is 0.413. The number of likely N-dealkylation sites (tertiary alicyclic amines) is 1. The first kappa shape index (κ1) is 15.4. The number of aromatic nitrogens is 3. The number of nitrogens with zero attached hydrogens (tertiary/aromatic N) is 4. The van der Waals surface area contributed by atoms with Crippen LogP contribution in [0.5, 0.6) is 0 Å². The van der Waals surface area contributed by atoms with Crippen molar-refractivity contribution in [3.8, 4) is 11.4 Å². The molecule has 0 saturated carbocycles. The number of benzene rings is 1. The standard InChI is InChI=1S/C18H19ClN4O/c1-22-10-2-4-15(22)16-5-3-11-23(16)12-17-20-18(21-24-17)13-6-8-14(19)9-7-13/h2,4,6-10,16H,3,5,11-12H2,1H3. The van der Waals surface area contributed by atoms with Crippen molar-refractivity contribution in [2.24, 2.45) is 7.05 Å². The van der Waals surface area contributed by atoms with Gasteiger partial charge in [-0.05, 0) is 55.8 Å². The first-order valence-corrected chi connectivity index (χ1v) is 8.52. The Morgan fingerprint density at radius 2 is 2.08 bits per heavy atom. The third-order valence-corrected chi connectivity index (χ3v) is 4.85. The van der Waals surface area contributed by atoms with Crippen LogP contribution < -0.4 is 0 Å². The smallest absolute Gasteiger partial charge is 0.241 e. The van der Waals surface area contributed by atoms with Gasteiger partial charge in [0.05, 0.1) is 12.6 Å². The SMILES string of the molecule is Cn1cccc1C1CCCN1Cc1nc(-c2ccc(Cl)cc2)no1. The largest absolute Gasteiger partial charge is 0.353 e. The fraction of sp³-hybridized carbons (Fsp3) is 0.333. The quantitative estimate of drug-likeness (QED) is 0.717. The molecule has 1 aliphatic rings. The summed E-state index contributed by atoms with van der Waals surface area (Å²) in [5.41, 5.74) is 2.25. The number of hydrogen-bond donors (Lipinski definition) is 0. The van der Waals surface area contributed by atoms with Gasteiger partial charge in [0.2, 0.25) is 11.7 Å². The van der Waals surface area contributed by atoms with Crippen molar-refractivity contribution in [2.45, 2.75) is 25.4 Å². The highest BCUT2D eigenvalue weighted by Gasteiger charge is 2.29. The summed E-state index contributed by atoms with van der Waals surface area (Å²) in [4.78, 5) is 6.95. The van der Waals surface area contributed by atoms with Gasteiger partial charge in [-0.15, -0.1) is 0 Å². The summed E-state index contributed by atoms with van der Waals surface area (Å²) in [6.45, 7) is 1.73. The van der Waals surface area contributed by atoms with Crippen LogP contribution in [0.3, 0.4) is 0 Å². The Balaban J connectivity index is 1.51. The zero-order valence-corrected chi connectivity index (χ0v) is 14.3. The summed E-state index contributed by atoms with van der Waals surface area (Å²) >= 11 is 5.92. The second-order valence-corrected chi connectivity index (χ2v) is 6.63. The van der Waals surface area contributed by atoms with Gasteiger partial charge in [-0.3, -0.25) is 4.90 Å². The maximum absolute atomic E-state index is 5.92. The Hall–Kier alpha value is -2.11. The highest BCUT2D eigenvalue weighted by molar-refractivity contribution is 6.30. The van der Waals surface area contributed by atoms with E-state index < -0.39 is 0 Å². The first-order chi connectivity index (χ1) is 11.7. The van der Waals surface area contributed by atoms with Crippen molar-refractivity contribution in [2.75, 3.05) is 6.54 Å². The molecular formula is C18H19ClN4O. The molecule has 0 N–H and O–H groups in total. The minimum absolute atomic E-state index is 0.413. The van der Waals surface area contributed by atoms with Crippen molar-refractivity contribution < 1.29 is 4.52 Å². The van der Waals surface area contributed by atoms with E-state index in [0.717, 1.165) is 18.5 Å². The average Bonchev–Trinajstić information content (AvgIpc) is 3.30. The topological polar surface area (TPSA) is 47.1 Å². The molecule has 1 fully saturated rings. The van der Waals surface area contributed by atoms with Crippen LogP contribution in [0.4, 0.5) is 0 Å². The van der Waals surface area contributed by atoms with Gasteiger partial charge in [0.1, 0.15) is 0 Å². The fourth-order valence-corrected chi connectivity index (χ4v) is 3.51. The molecule has 24 heavy (non-hydrogen) atoms. The molecule has 3 heterocycles. The summed E-state index contributed by atoms with van der Waals surface area (Å²) in [5, 5.41) is 4.80. The molecule has 3 aromatic rings. The van der Waals surface area contributed by atoms with Gasteiger partial charge in [-0.2, -0.15) is 4.98 Å². The molecule has 5 nitrogen and oxygen atoms in total. The third-order valence-electron chi connectivity index (χ3n) is 4.60. The van der Waals surface area contributed by atoms with Crippen LogP contribution in [0.15, 0.2) is 47.1 Å². The summed E-state index contributed by atoms with van der Waals surface area (Å²) in [6.07, 6.45) is 4.45. The Bertz CT molecular complexity index is 824. The van der Waals surface area contributed by atoms with Crippen LogP contribution in [0.25, 0.3) is 11.4 Å². The second kappa shape index (κ2) is 6.42. The fourth-order valence-electron chi connectivity index (χ4n) is 3.38. The Morgan fingerprint density at radius 1 is 1.25 bits per heavy atom. The normalized spacial score (nSPS) is 18.3. The van der Waals surface area contributed by atoms with Crippen LogP contribution in [0, 0.1) is 0 Å². The van der Waals surface area contributed by atoms with Crippen molar-refractivity contribution in [1.29, 1.82) is 0 Å². The van der Waals surface area contributed by atoms with Crippen molar-refractivity contribution in [3.05, 3.63) is 59.2 Å². The van der Waals surface area contributed by atoms with E-state index >= 15 is 0 Å². The molecule has 0 radical (unpaired) electrons. The number of rotatable bonds is 4. The first-order valence-electron chi connectivity index (χ1n) is 8.14. The highest BCUT2D eigenvalue weighted by Crippen LogP contribution is 2.33. The highest BCUT2D eigenvalue weighted by atomic mass is 35.5. The molecule has 0 spiro atoms. The van der Waals surface area contributed by atoms with Gasteiger partial charge in [-0.25, -0.2) is 0 Å². The lowest BCUT2D eigenvalue weighted by molar-refractivity contribution is 0.207. The molecule has 4 rings (SSSR count). The number of hydrogen-bond acceptors (Lipinski definition) is 4. The van der Waals surface area contributed by atoms with E-state index in [1.165, 1.54) is 12.1 Å². The molecule has 0 bridgehead atoms. The summed E-state index contributed by atoms with van der Waals surface area (Å²) in [6, 6.07) is 12.2. The molecule has 0 aliphatic carbocycles. The van der Waals surface area contributed by atoms with E-state index in [0.29, 0.717) is 29.3 Å². The predicted octanol–water partition coefficient (Wildman–Crippen LogP) is 4.07. The molecule has 1 aliphatic heterocycles. The maximum Gasteiger partial charge on any atom is 0.241 e. The Kier molecular flexibility index (Phi) is 4.12. The molecular weight excluding hydrogens is 324 g/mol. The minimum Gasteiger partial charge on any atom is -0.353 e. The molecule has 6 heteroatoms. The monoisotopic (exact) mass is 342 g/mol. The van der Waals surface area contributed by atoms with Gasteiger partial charge in [0.25, 0.3) is 0 Å². The van der Waals surface area contributed by atoms with Gasteiger partial charge < -0.3 is 9.09 Å². The molecule has 2 aromatic heterocycles. The van der Waals surface area contributed by atoms with E-state index in [2.05, 4.69) is 45.0 Å². The molecule has 1 aromatic carbocycles. The molecule has 0 amide bonds. The molecule has 1 unspecified atom stereocenters. The maximum atomic E-state index is 5.92. The van der Waals surface area contributed by atoms with E-state index in [1.54, 1.807) is 0 Å². The van der Waals surface area contributed by atoms with Crippen molar-refractivity contribution >= 4 is 11.6 Å². The molecule has 1 saturated heterocycles. The summed E-state index contributed by atoms with van der Waals surface area (Å²) < 4.78 is 7.66. The van der Waals surface area contributed by atoms with Gasteiger partial charge in [0.15, 0.2) is 0 Å². The predicted molar refractivity (Wildman–Crippen MR) is 92.5 cm³/mol. The van der Waals surface area contributed by atoms with Crippen molar-refractivity contribution in [3.63, 3.8) is 0 Å². The molecule has 1 atom stereocenters. The van der Waals surface area contributed by atoms with E-state index in [-0.39, 0.29) is 0 Å². The van der Waals surface area contributed by atoms with Crippen LogP contribution in [-0.2, 0) is 13.6 Å². The number of aryl methyl sites for hydroxylation is 1. The lowest BCUT2D eigenvalue weighted by atomic mass is 10.1. The van der Waals surface area contributed by atoms with Crippen molar-refractivity contribution in [1.82, 2.24) is 19.6 Å².